The molecular formula is C25H25F3N4O5. The number of methoxy groups -OCH3 is 1. The predicted octanol–water partition coefficient (Wildman–Crippen LogP) is 4.36. The first kappa shape index (κ1) is 27.2. The number of pyridine rings is 1. The van der Waals surface area contributed by atoms with E-state index in [9.17, 15) is 27.6 Å². The molecule has 37 heavy (non-hydrogen) atoms. The van der Waals surface area contributed by atoms with E-state index in [0.717, 1.165) is 6.07 Å². The number of nitrogens with one attached hydrogen (secondary N) is 2. The number of nitrogens with zero attached hydrogens (tertiary/aromatic N) is 2. The molecule has 3 amide bonds. The summed E-state index contributed by atoms with van der Waals surface area (Å²) in [5.41, 5.74) is -0.0498. The highest BCUT2D eigenvalue weighted by Gasteiger charge is 2.23. The van der Waals surface area contributed by atoms with Crippen molar-refractivity contribution in [2.75, 3.05) is 26.1 Å². The zero-order valence-electron chi connectivity index (χ0n) is 20.1. The molecular weight excluding hydrogens is 493 g/mol. The summed E-state index contributed by atoms with van der Waals surface area (Å²) in [7, 11) is 2.62. The Kier molecular flexibility index (Phi) is 9.25. The Hall–Kier alpha value is -4.35. The van der Waals surface area contributed by atoms with Gasteiger partial charge in [0.25, 0.3) is 0 Å². The SMILES string of the molecule is COC(=O)CC[C@@H](COC(=O)Nc1cc2cc(F)ccc2cn1)N(C)C(=O)NCc1cccc(F)c1F. The van der Waals surface area contributed by atoms with Gasteiger partial charge in [-0.1, -0.05) is 12.1 Å². The lowest BCUT2D eigenvalue weighted by Gasteiger charge is -2.28. The molecule has 0 saturated heterocycles. The van der Waals surface area contributed by atoms with E-state index in [1.54, 1.807) is 6.07 Å². The maximum atomic E-state index is 13.9. The number of rotatable bonds is 9. The maximum Gasteiger partial charge on any atom is 0.412 e. The van der Waals surface area contributed by atoms with Crippen molar-refractivity contribution in [2.24, 2.45) is 0 Å². The number of urea groups is 1. The molecule has 0 saturated carbocycles. The molecule has 0 bridgehead atoms. The number of likely N-dealkylation sites (N-methyl/N-ethyl adjacent to an activating group) is 1. The molecule has 2 aromatic carbocycles. The van der Waals surface area contributed by atoms with Crippen LogP contribution < -0.4 is 10.6 Å². The summed E-state index contributed by atoms with van der Waals surface area (Å²) in [4.78, 5) is 41.9. The molecule has 0 spiro atoms. The molecule has 1 heterocycles. The van der Waals surface area contributed by atoms with Crippen LogP contribution in [0.2, 0.25) is 0 Å². The summed E-state index contributed by atoms with van der Waals surface area (Å²) in [5.74, 6) is -2.96. The van der Waals surface area contributed by atoms with Crippen molar-refractivity contribution in [3.05, 3.63) is 71.7 Å². The number of hydrogen-bond acceptors (Lipinski definition) is 6. The molecule has 0 unspecified atom stereocenters. The van der Waals surface area contributed by atoms with E-state index in [4.69, 9.17) is 4.74 Å². The molecule has 0 aliphatic heterocycles. The zero-order chi connectivity index (χ0) is 26.9. The van der Waals surface area contributed by atoms with Gasteiger partial charge in [-0.25, -0.2) is 27.7 Å². The second kappa shape index (κ2) is 12.6. The first-order valence-corrected chi connectivity index (χ1v) is 11.2. The van der Waals surface area contributed by atoms with Gasteiger partial charge in [0.05, 0.1) is 13.2 Å². The van der Waals surface area contributed by atoms with E-state index in [1.807, 2.05) is 0 Å². The number of ether oxygens (including phenoxy) is 2. The smallest absolute Gasteiger partial charge is 0.412 e. The number of anilines is 1. The van der Waals surface area contributed by atoms with Gasteiger partial charge in [0.15, 0.2) is 11.6 Å². The minimum absolute atomic E-state index is 0.0498. The van der Waals surface area contributed by atoms with Crippen molar-refractivity contribution in [1.82, 2.24) is 15.2 Å². The average molecular weight is 518 g/mol. The number of carbonyl (C=O) groups excluding carboxylic acids is 3. The van der Waals surface area contributed by atoms with Crippen LogP contribution in [0, 0.1) is 17.5 Å². The third kappa shape index (κ3) is 7.56. The zero-order valence-corrected chi connectivity index (χ0v) is 20.1. The number of benzene rings is 2. The second-order valence-electron chi connectivity index (χ2n) is 8.04. The predicted molar refractivity (Wildman–Crippen MR) is 128 cm³/mol. The van der Waals surface area contributed by atoms with Crippen LogP contribution in [-0.4, -0.2) is 54.8 Å². The minimum Gasteiger partial charge on any atom is -0.469 e. The fourth-order valence-electron chi connectivity index (χ4n) is 3.41. The van der Waals surface area contributed by atoms with Gasteiger partial charge in [-0.2, -0.15) is 0 Å². The third-order valence-corrected chi connectivity index (χ3v) is 5.56. The first-order chi connectivity index (χ1) is 17.7. The van der Waals surface area contributed by atoms with Crippen LogP contribution in [0.25, 0.3) is 10.8 Å². The van der Waals surface area contributed by atoms with Crippen LogP contribution in [0.3, 0.4) is 0 Å². The summed E-state index contributed by atoms with van der Waals surface area (Å²) in [6.45, 7) is -0.588. The third-order valence-electron chi connectivity index (χ3n) is 5.56. The lowest BCUT2D eigenvalue weighted by atomic mass is 10.1. The van der Waals surface area contributed by atoms with Crippen molar-refractivity contribution >= 4 is 34.7 Å². The van der Waals surface area contributed by atoms with E-state index < -0.39 is 41.6 Å². The lowest BCUT2D eigenvalue weighted by Crippen LogP contribution is -2.46. The Morgan fingerprint density at radius 3 is 2.62 bits per heavy atom. The van der Waals surface area contributed by atoms with E-state index in [1.165, 1.54) is 55.6 Å². The van der Waals surface area contributed by atoms with Crippen LogP contribution in [-0.2, 0) is 20.8 Å². The highest BCUT2D eigenvalue weighted by atomic mass is 19.2. The van der Waals surface area contributed by atoms with Gasteiger partial charge in [0.2, 0.25) is 0 Å². The molecule has 0 aliphatic rings. The number of halogens is 3. The van der Waals surface area contributed by atoms with Crippen LogP contribution >= 0.6 is 0 Å². The van der Waals surface area contributed by atoms with E-state index in [2.05, 4.69) is 20.4 Å². The molecule has 1 aromatic heterocycles. The maximum absolute atomic E-state index is 13.9. The second-order valence-corrected chi connectivity index (χ2v) is 8.04. The fourth-order valence-corrected chi connectivity index (χ4v) is 3.41. The van der Waals surface area contributed by atoms with Crippen molar-refractivity contribution < 1.29 is 37.0 Å². The normalized spacial score (nSPS) is 11.5. The molecule has 3 aromatic rings. The minimum atomic E-state index is -1.07. The van der Waals surface area contributed by atoms with Gasteiger partial charge in [0, 0.05) is 37.2 Å². The van der Waals surface area contributed by atoms with Crippen molar-refractivity contribution in [3.63, 3.8) is 0 Å². The average Bonchev–Trinajstić information content (AvgIpc) is 2.88. The molecule has 12 heteroatoms. The van der Waals surface area contributed by atoms with E-state index >= 15 is 0 Å². The molecule has 9 nitrogen and oxygen atoms in total. The summed E-state index contributed by atoms with van der Waals surface area (Å²) in [5, 5.41) is 6.09. The van der Waals surface area contributed by atoms with Gasteiger partial charge in [-0.05, 0) is 42.1 Å². The number of hydrogen-bond donors (Lipinski definition) is 2. The molecule has 0 radical (unpaired) electrons. The Bertz CT molecular complexity index is 1290. The lowest BCUT2D eigenvalue weighted by molar-refractivity contribution is -0.141. The number of carbonyl (C=O) groups is 3. The number of aromatic nitrogens is 1. The molecule has 0 fully saturated rings. The topological polar surface area (TPSA) is 110 Å². The van der Waals surface area contributed by atoms with Crippen molar-refractivity contribution in [3.8, 4) is 0 Å². The van der Waals surface area contributed by atoms with Gasteiger partial charge in [0.1, 0.15) is 18.2 Å². The van der Waals surface area contributed by atoms with Gasteiger partial charge < -0.3 is 19.7 Å². The van der Waals surface area contributed by atoms with Gasteiger partial charge >= 0.3 is 18.1 Å². The quantitative estimate of drug-likeness (QED) is 0.408. The first-order valence-electron chi connectivity index (χ1n) is 11.2. The summed E-state index contributed by atoms with van der Waals surface area (Å²) in [6, 6.07) is 7.78. The Balaban J connectivity index is 1.61. The molecule has 196 valence electrons. The number of fused-ring (bicyclic) bond motifs is 1. The largest absolute Gasteiger partial charge is 0.469 e. The molecule has 0 aliphatic carbocycles. The van der Waals surface area contributed by atoms with Crippen LogP contribution in [0.4, 0.5) is 28.6 Å². The van der Waals surface area contributed by atoms with Gasteiger partial charge in [-0.3, -0.25) is 10.1 Å². The molecule has 1 atom stereocenters. The summed E-state index contributed by atoms with van der Waals surface area (Å²) < 4.78 is 50.6. The fraction of sp³-hybridized carbons (Fsp3) is 0.280. The standard InChI is InChI=1S/C25H25F3N4O5/c1-32(24(34)30-13-16-4-3-5-20(27)23(16)28)19(8-9-22(33)36-2)14-37-25(35)31-21-11-17-10-18(26)7-6-15(17)12-29-21/h3-7,10-12,19H,8-9,13-14H2,1-2H3,(H,30,34)(H,29,31,35)/t19-/m0/s1. The highest BCUT2D eigenvalue weighted by Crippen LogP contribution is 2.18. The monoisotopic (exact) mass is 518 g/mol. The van der Waals surface area contributed by atoms with Crippen molar-refractivity contribution in [2.45, 2.75) is 25.4 Å². The summed E-state index contributed by atoms with van der Waals surface area (Å²) in [6.07, 6.45) is 0.594. The molecule has 2 N–H and O–H groups in total. The van der Waals surface area contributed by atoms with E-state index in [-0.39, 0.29) is 37.4 Å². The van der Waals surface area contributed by atoms with E-state index in [0.29, 0.717) is 10.8 Å². The van der Waals surface area contributed by atoms with Crippen molar-refractivity contribution in [1.29, 1.82) is 0 Å². The Morgan fingerprint density at radius 1 is 1.08 bits per heavy atom. The highest BCUT2D eigenvalue weighted by molar-refractivity contribution is 5.89. The van der Waals surface area contributed by atoms with Gasteiger partial charge in [-0.15, -0.1) is 0 Å². The van der Waals surface area contributed by atoms with Crippen LogP contribution in [0.1, 0.15) is 18.4 Å². The van der Waals surface area contributed by atoms with Crippen LogP contribution in [0.5, 0.6) is 0 Å². The number of esters is 1. The summed E-state index contributed by atoms with van der Waals surface area (Å²) >= 11 is 0. The molecule has 3 rings (SSSR count). The Labute approximate surface area is 210 Å². The Morgan fingerprint density at radius 2 is 1.86 bits per heavy atom. The number of amides is 3. The van der Waals surface area contributed by atoms with Crippen LogP contribution in [0.15, 0.2) is 48.7 Å².